The number of phenols is 1. The fourth-order valence-electron chi connectivity index (χ4n) is 1.03. The van der Waals surface area contributed by atoms with Crippen LogP contribution in [0.5, 0.6) is 11.5 Å². The number of methoxy groups -OCH3 is 1. The van der Waals surface area contributed by atoms with Crippen LogP contribution in [-0.2, 0) is 4.79 Å². The molecule has 3 heteroatoms. The lowest BCUT2D eigenvalue weighted by atomic mass is 10.2. The number of allylic oxidation sites excluding steroid dienone is 1. The first-order valence-corrected chi connectivity index (χ1v) is 4.18. The second-order valence-corrected chi connectivity index (χ2v) is 2.91. The Kier molecular flexibility index (Phi) is 3.29. The van der Waals surface area contributed by atoms with E-state index in [0.717, 1.165) is 5.56 Å². The van der Waals surface area contributed by atoms with Crippen molar-refractivity contribution in [3.05, 3.63) is 29.8 Å². The van der Waals surface area contributed by atoms with Gasteiger partial charge in [-0.1, -0.05) is 6.08 Å². The maximum Gasteiger partial charge on any atom is 0.152 e. The molecule has 0 amide bonds. The van der Waals surface area contributed by atoms with Crippen LogP contribution in [0.4, 0.5) is 0 Å². The number of carbonyl (C=O) groups is 1. The summed E-state index contributed by atoms with van der Waals surface area (Å²) in [4.78, 5) is 10.7. The van der Waals surface area contributed by atoms with E-state index >= 15 is 0 Å². The van der Waals surface area contributed by atoms with Gasteiger partial charge in [-0.05, 0) is 30.7 Å². The molecule has 1 aromatic carbocycles. The van der Waals surface area contributed by atoms with Gasteiger partial charge in [-0.3, -0.25) is 4.79 Å². The van der Waals surface area contributed by atoms with Gasteiger partial charge in [-0.15, -0.1) is 0 Å². The molecule has 1 rings (SSSR count). The normalized spacial score (nSPS) is 10.4. The lowest BCUT2D eigenvalue weighted by molar-refractivity contribution is -0.112. The minimum Gasteiger partial charge on any atom is -0.508 e. The van der Waals surface area contributed by atoms with Crippen molar-refractivity contribution >= 4 is 11.9 Å². The molecule has 0 unspecified atom stereocenters. The molecule has 0 aliphatic carbocycles. The number of hydrogen-bond acceptors (Lipinski definition) is 3. The molecule has 14 heavy (non-hydrogen) atoms. The fraction of sp³-hybridized carbons (Fsp3) is 0.182. The summed E-state index contributed by atoms with van der Waals surface area (Å²) >= 11 is 0. The first-order chi connectivity index (χ1) is 6.61. The largest absolute Gasteiger partial charge is 0.508 e. The van der Waals surface area contributed by atoms with Crippen molar-refractivity contribution < 1.29 is 14.6 Å². The Morgan fingerprint density at radius 1 is 1.43 bits per heavy atom. The maximum atomic E-state index is 10.7. The van der Waals surface area contributed by atoms with E-state index in [-0.39, 0.29) is 11.5 Å². The van der Waals surface area contributed by atoms with Crippen LogP contribution in [-0.4, -0.2) is 18.0 Å². The van der Waals surface area contributed by atoms with Crippen LogP contribution >= 0.6 is 0 Å². The highest BCUT2D eigenvalue weighted by molar-refractivity contribution is 5.91. The minimum absolute atomic E-state index is 0.0349. The van der Waals surface area contributed by atoms with Gasteiger partial charge in [-0.25, -0.2) is 0 Å². The van der Waals surface area contributed by atoms with Crippen LogP contribution in [0.25, 0.3) is 6.08 Å². The van der Waals surface area contributed by atoms with Crippen molar-refractivity contribution in [3.63, 3.8) is 0 Å². The van der Waals surface area contributed by atoms with Crippen molar-refractivity contribution in [1.82, 2.24) is 0 Å². The van der Waals surface area contributed by atoms with Crippen LogP contribution in [0.2, 0.25) is 0 Å². The Morgan fingerprint density at radius 3 is 2.71 bits per heavy atom. The third-order valence-electron chi connectivity index (χ3n) is 1.66. The summed E-state index contributed by atoms with van der Waals surface area (Å²) < 4.78 is 4.96. The Morgan fingerprint density at radius 2 is 2.14 bits per heavy atom. The summed E-state index contributed by atoms with van der Waals surface area (Å²) in [5.74, 6) is 0.646. The molecule has 0 heterocycles. The molecule has 0 bridgehead atoms. The number of ketones is 1. The van der Waals surface area contributed by atoms with Gasteiger partial charge >= 0.3 is 0 Å². The van der Waals surface area contributed by atoms with Crippen molar-refractivity contribution in [2.24, 2.45) is 0 Å². The van der Waals surface area contributed by atoms with E-state index in [1.165, 1.54) is 26.2 Å². The van der Waals surface area contributed by atoms with Crippen LogP contribution in [0.15, 0.2) is 24.3 Å². The van der Waals surface area contributed by atoms with Gasteiger partial charge in [0.1, 0.15) is 11.5 Å². The summed E-state index contributed by atoms with van der Waals surface area (Å²) in [5, 5.41) is 9.29. The molecule has 1 N–H and O–H groups in total. The van der Waals surface area contributed by atoms with Crippen molar-refractivity contribution in [2.45, 2.75) is 6.92 Å². The zero-order chi connectivity index (χ0) is 10.6. The first kappa shape index (κ1) is 10.3. The summed E-state index contributed by atoms with van der Waals surface area (Å²) in [5.41, 5.74) is 0.733. The van der Waals surface area contributed by atoms with E-state index < -0.39 is 0 Å². The van der Waals surface area contributed by atoms with Gasteiger partial charge in [0.05, 0.1) is 7.11 Å². The molecule has 0 spiro atoms. The van der Waals surface area contributed by atoms with Gasteiger partial charge in [-0.2, -0.15) is 0 Å². The third kappa shape index (κ3) is 2.94. The molecule has 0 radical (unpaired) electrons. The minimum atomic E-state index is -0.0349. The topological polar surface area (TPSA) is 46.5 Å². The highest BCUT2D eigenvalue weighted by atomic mass is 16.5. The number of aromatic hydroxyl groups is 1. The van der Waals surface area contributed by atoms with E-state index in [1.807, 2.05) is 0 Å². The first-order valence-electron chi connectivity index (χ1n) is 4.18. The van der Waals surface area contributed by atoms with Gasteiger partial charge in [0.15, 0.2) is 5.78 Å². The van der Waals surface area contributed by atoms with Crippen molar-refractivity contribution in [3.8, 4) is 11.5 Å². The number of rotatable bonds is 3. The molecule has 1 aromatic rings. The molecular formula is C11H12O3. The number of ether oxygens (including phenoxy) is 1. The molecule has 0 aliphatic rings. The molecular weight excluding hydrogens is 180 g/mol. The number of benzene rings is 1. The summed E-state index contributed by atoms with van der Waals surface area (Å²) in [6, 6.07) is 4.80. The lowest BCUT2D eigenvalue weighted by Crippen LogP contribution is -1.84. The summed E-state index contributed by atoms with van der Waals surface area (Å²) in [6.45, 7) is 1.47. The maximum absolute atomic E-state index is 10.7. The molecule has 0 aliphatic heterocycles. The molecule has 0 atom stereocenters. The average Bonchev–Trinajstić information content (AvgIpc) is 2.14. The molecule has 74 valence electrons. The number of phenolic OH excluding ortho intramolecular Hbond substituents is 1. The third-order valence-corrected chi connectivity index (χ3v) is 1.66. The quantitative estimate of drug-likeness (QED) is 0.745. The van der Waals surface area contributed by atoms with E-state index in [4.69, 9.17) is 4.74 Å². The molecule has 0 saturated carbocycles. The summed E-state index contributed by atoms with van der Waals surface area (Å²) in [6.07, 6.45) is 3.07. The fourth-order valence-corrected chi connectivity index (χ4v) is 1.03. The summed E-state index contributed by atoms with van der Waals surface area (Å²) in [7, 11) is 1.52. The monoisotopic (exact) mass is 192 g/mol. The van der Waals surface area contributed by atoms with Crippen LogP contribution < -0.4 is 4.74 Å². The zero-order valence-electron chi connectivity index (χ0n) is 8.15. The number of carbonyl (C=O) groups excluding carboxylic acids is 1. The predicted molar refractivity (Wildman–Crippen MR) is 54.4 cm³/mol. The van der Waals surface area contributed by atoms with E-state index in [1.54, 1.807) is 18.2 Å². The lowest BCUT2D eigenvalue weighted by Gasteiger charge is -2.02. The van der Waals surface area contributed by atoms with Crippen molar-refractivity contribution in [2.75, 3.05) is 7.11 Å². The Bertz CT molecular complexity index is 367. The highest BCUT2D eigenvalue weighted by Crippen LogP contribution is 2.22. The van der Waals surface area contributed by atoms with Gasteiger partial charge in [0.25, 0.3) is 0 Å². The zero-order valence-corrected chi connectivity index (χ0v) is 8.15. The molecule has 0 saturated heterocycles. The Hall–Kier alpha value is -1.77. The van der Waals surface area contributed by atoms with E-state index in [2.05, 4.69) is 0 Å². The average molecular weight is 192 g/mol. The Balaban J connectivity index is 2.97. The van der Waals surface area contributed by atoms with Crippen LogP contribution in [0.3, 0.4) is 0 Å². The molecule has 0 aromatic heterocycles. The second kappa shape index (κ2) is 4.46. The van der Waals surface area contributed by atoms with Gasteiger partial charge < -0.3 is 9.84 Å². The highest BCUT2D eigenvalue weighted by Gasteiger charge is 1.97. The molecule has 0 fully saturated rings. The second-order valence-electron chi connectivity index (χ2n) is 2.91. The van der Waals surface area contributed by atoms with E-state index in [9.17, 15) is 9.90 Å². The van der Waals surface area contributed by atoms with Crippen LogP contribution in [0.1, 0.15) is 12.5 Å². The van der Waals surface area contributed by atoms with Gasteiger partial charge in [0.2, 0.25) is 0 Å². The number of hydrogen-bond donors (Lipinski definition) is 1. The van der Waals surface area contributed by atoms with E-state index in [0.29, 0.717) is 5.75 Å². The van der Waals surface area contributed by atoms with Crippen LogP contribution in [0, 0.1) is 0 Å². The molecule has 3 nitrogen and oxygen atoms in total. The standard InChI is InChI=1S/C11H12O3/c1-8(12)3-4-9-5-10(13)7-11(6-9)14-2/h3-7,13H,1-2H3/b4-3+. The smallest absolute Gasteiger partial charge is 0.152 e. The van der Waals surface area contributed by atoms with Crippen molar-refractivity contribution in [1.29, 1.82) is 0 Å². The predicted octanol–water partition coefficient (Wildman–Crippen LogP) is 2.00. The SMILES string of the molecule is COc1cc(O)cc(/C=C/C(C)=O)c1. The van der Waals surface area contributed by atoms with Gasteiger partial charge in [0, 0.05) is 6.07 Å². The Labute approximate surface area is 82.6 Å².